The first kappa shape index (κ1) is 14.9. The van der Waals surface area contributed by atoms with Crippen LogP contribution in [0.15, 0.2) is 48.5 Å². The van der Waals surface area contributed by atoms with Crippen LogP contribution in [0, 0.1) is 0 Å². The fraction of sp³-hybridized carbons (Fsp3) is 0.238. The van der Waals surface area contributed by atoms with Crippen molar-refractivity contribution in [3.8, 4) is 0 Å². The summed E-state index contributed by atoms with van der Waals surface area (Å²) in [7, 11) is 2.03. The zero-order chi connectivity index (χ0) is 16.7. The lowest BCUT2D eigenvalue weighted by atomic mass is 9.92. The number of aldehydes is 1. The summed E-state index contributed by atoms with van der Waals surface area (Å²) in [5.74, 6) is 0.279. The van der Waals surface area contributed by atoms with Crippen LogP contribution >= 0.6 is 0 Å². The van der Waals surface area contributed by atoms with Gasteiger partial charge >= 0.3 is 0 Å². The Morgan fingerprint density at radius 3 is 2.71 bits per heavy atom. The Labute approximate surface area is 140 Å². The topological polar surface area (TPSA) is 39.1 Å². The van der Waals surface area contributed by atoms with Gasteiger partial charge < -0.3 is 9.36 Å². The number of aryl methyl sites for hydroxylation is 1. The van der Waals surface area contributed by atoms with Gasteiger partial charge in [-0.1, -0.05) is 42.5 Å². The van der Waals surface area contributed by atoms with Crippen molar-refractivity contribution >= 4 is 23.0 Å². The average Bonchev–Trinajstić information content (AvgIpc) is 2.84. The van der Waals surface area contributed by atoms with Crippen LogP contribution in [-0.4, -0.2) is 16.6 Å². The summed E-state index contributed by atoms with van der Waals surface area (Å²) in [4.78, 5) is 24.2. The number of carbonyl (C=O) groups excluding carboxylic acids is 2. The van der Waals surface area contributed by atoms with Crippen LogP contribution in [0.25, 0.3) is 10.9 Å². The first-order valence-electron chi connectivity index (χ1n) is 8.36. The number of hydrogen-bond acceptors (Lipinski definition) is 2. The molecule has 0 spiro atoms. The monoisotopic (exact) mass is 317 g/mol. The van der Waals surface area contributed by atoms with E-state index in [0.717, 1.165) is 52.4 Å². The van der Waals surface area contributed by atoms with E-state index < -0.39 is 0 Å². The molecule has 0 bridgehead atoms. The van der Waals surface area contributed by atoms with Crippen LogP contribution in [0.1, 0.15) is 45.9 Å². The minimum Gasteiger partial charge on any atom is -0.347 e. The number of carbonyl (C=O) groups is 2. The van der Waals surface area contributed by atoms with Crippen molar-refractivity contribution in [2.45, 2.75) is 25.2 Å². The fourth-order valence-electron chi connectivity index (χ4n) is 4.05. The van der Waals surface area contributed by atoms with Crippen molar-refractivity contribution in [1.82, 2.24) is 4.57 Å². The molecule has 120 valence electrons. The fourth-order valence-corrected chi connectivity index (χ4v) is 4.05. The molecule has 0 aliphatic heterocycles. The molecule has 0 saturated carbocycles. The molecular formula is C21H19NO2. The maximum atomic E-state index is 13.3. The SMILES string of the molecule is Cn1c2c(c3ccccc31)C(=O)c1ccccc1CC2CCC=O. The summed E-state index contributed by atoms with van der Waals surface area (Å²) in [6, 6.07) is 15.9. The summed E-state index contributed by atoms with van der Waals surface area (Å²) in [5.41, 5.74) is 4.84. The van der Waals surface area contributed by atoms with Gasteiger partial charge in [0.05, 0.1) is 5.56 Å². The number of rotatable bonds is 3. The summed E-state index contributed by atoms with van der Waals surface area (Å²) in [6.07, 6.45) is 3.05. The number of benzene rings is 2. The molecule has 4 rings (SSSR count). The lowest BCUT2D eigenvalue weighted by molar-refractivity contribution is -0.108. The summed E-state index contributed by atoms with van der Waals surface area (Å²) >= 11 is 0. The van der Waals surface area contributed by atoms with Crippen molar-refractivity contribution in [3.63, 3.8) is 0 Å². The van der Waals surface area contributed by atoms with Crippen molar-refractivity contribution in [1.29, 1.82) is 0 Å². The molecule has 2 aromatic carbocycles. The number of aromatic nitrogens is 1. The highest BCUT2D eigenvalue weighted by molar-refractivity contribution is 6.18. The number of nitrogens with zero attached hydrogens (tertiary/aromatic N) is 1. The maximum absolute atomic E-state index is 13.3. The maximum Gasteiger partial charge on any atom is 0.195 e. The average molecular weight is 317 g/mol. The first-order chi connectivity index (χ1) is 11.7. The third-order valence-corrected chi connectivity index (χ3v) is 5.13. The summed E-state index contributed by atoms with van der Waals surface area (Å²) < 4.78 is 2.14. The highest BCUT2D eigenvalue weighted by atomic mass is 16.1. The van der Waals surface area contributed by atoms with E-state index in [1.165, 1.54) is 0 Å². The van der Waals surface area contributed by atoms with Crippen LogP contribution in [0.5, 0.6) is 0 Å². The molecule has 3 nitrogen and oxygen atoms in total. The Morgan fingerprint density at radius 2 is 1.88 bits per heavy atom. The standard InChI is InChI=1S/C21H19NO2/c1-22-18-11-5-4-10-17(18)19-20(22)15(8-6-12-23)13-14-7-2-3-9-16(14)21(19)24/h2-5,7,9-12,15H,6,8,13H2,1H3. The van der Waals surface area contributed by atoms with Gasteiger partial charge in [-0.05, 0) is 24.5 Å². The number of hydrogen-bond donors (Lipinski definition) is 0. The van der Waals surface area contributed by atoms with Gasteiger partial charge in [-0.2, -0.15) is 0 Å². The smallest absolute Gasteiger partial charge is 0.195 e. The molecule has 1 atom stereocenters. The van der Waals surface area contributed by atoms with Crippen molar-refractivity contribution < 1.29 is 9.59 Å². The Morgan fingerprint density at radius 1 is 1.12 bits per heavy atom. The van der Waals surface area contributed by atoms with E-state index in [1.807, 2.05) is 49.5 Å². The van der Waals surface area contributed by atoms with Crippen molar-refractivity contribution in [2.24, 2.45) is 7.05 Å². The largest absolute Gasteiger partial charge is 0.347 e. The Bertz CT molecular complexity index is 952. The predicted molar refractivity (Wildman–Crippen MR) is 94.5 cm³/mol. The second-order valence-corrected chi connectivity index (χ2v) is 6.47. The second kappa shape index (κ2) is 5.75. The number of ketones is 1. The normalized spacial score (nSPS) is 16.5. The molecule has 0 saturated heterocycles. The molecule has 1 aliphatic carbocycles. The lowest BCUT2D eigenvalue weighted by Gasteiger charge is -2.17. The molecule has 3 heteroatoms. The highest BCUT2D eigenvalue weighted by Gasteiger charge is 2.31. The quantitative estimate of drug-likeness (QED) is 0.684. The van der Waals surface area contributed by atoms with E-state index in [1.54, 1.807) is 0 Å². The molecule has 0 radical (unpaired) electrons. The van der Waals surface area contributed by atoms with Crippen molar-refractivity contribution in [3.05, 3.63) is 70.9 Å². The van der Waals surface area contributed by atoms with Crippen LogP contribution in [0.4, 0.5) is 0 Å². The van der Waals surface area contributed by atoms with Gasteiger partial charge in [-0.3, -0.25) is 4.79 Å². The zero-order valence-corrected chi connectivity index (χ0v) is 13.7. The van der Waals surface area contributed by atoms with Gasteiger partial charge in [-0.25, -0.2) is 0 Å². The number of fused-ring (bicyclic) bond motifs is 4. The van der Waals surface area contributed by atoms with E-state index in [9.17, 15) is 9.59 Å². The van der Waals surface area contributed by atoms with Gasteiger partial charge in [0.25, 0.3) is 0 Å². The lowest BCUT2D eigenvalue weighted by Crippen LogP contribution is -2.09. The molecular weight excluding hydrogens is 298 g/mol. The van der Waals surface area contributed by atoms with Crippen molar-refractivity contribution in [2.75, 3.05) is 0 Å². The van der Waals surface area contributed by atoms with E-state index in [0.29, 0.717) is 6.42 Å². The molecule has 0 fully saturated rings. The van der Waals surface area contributed by atoms with E-state index in [4.69, 9.17) is 0 Å². The van der Waals surface area contributed by atoms with Crippen LogP contribution in [0.3, 0.4) is 0 Å². The third-order valence-electron chi connectivity index (χ3n) is 5.13. The summed E-state index contributed by atoms with van der Waals surface area (Å²) in [6.45, 7) is 0. The molecule has 1 heterocycles. The minimum absolute atomic E-state index is 0.103. The third kappa shape index (κ3) is 2.12. The second-order valence-electron chi connectivity index (χ2n) is 6.47. The van der Waals surface area contributed by atoms with Crippen LogP contribution in [-0.2, 0) is 18.3 Å². The highest BCUT2D eigenvalue weighted by Crippen LogP contribution is 2.39. The molecule has 3 aromatic rings. The Hall–Kier alpha value is -2.68. The van der Waals surface area contributed by atoms with Gasteiger partial charge in [0.15, 0.2) is 5.78 Å². The van der Waals surface area contributed by atoms with Gasteiger partial charge in [0.2, 0.25) is 0 Å². The van der Waals surface area contributed by atoms with Gasteiger partial charge in [-0.15, -0.1) is 0 Å². The Balaban J connectivity index is 2.03. The molecule has 1 unspecified atom stereocenters. The molecule has 1 aromatic heterocycles. The number of para-hydroxylation sites is 1. The predicted octanol–water partition coefficient (Wildman–Crippen LogP) is 4.03. The van der Waals surface area contributed by atoms with Crippen LogP contribution < -0.4 is 0 Å². The van der Waals surface area contributed by atoms with Gasteiger partial charge in [0, 0.05) is 41.5 Å². The van der Waals surface area contributed by atoms with E-state index in [2.05, 4.69) is 10.6 Å². The van der Waals surface area contributed by atoms with Crippen LogP contribution in [0.2, 0.25) is 0 Å². The first-order valence-corrected chi connectivity index (χ1v) is 8.36. The molecule has 0 N–H and O–H groups in total. The van der Waals surface area contributed by atoms with Gasteiger partial charge in [0.1, 0.15) is 6.29 Å². The zero-order valence-electron chi connectivity index (χ0n) is 13.7. The molecule has 0 amide bonds. The minimum atomic E-state index is 0.103. The van der Waals surface area contributed by atoms with E-state index >= 15 is 0 Å². The Kier molecular flexibility index (Phi) is 3.57. The summed E-state index contributed by atoms with van der Waals surface area (Å²) in [5, 5.41) is 1.01. The van der Waals surface area contributed by atoms with E-state index in [-0.39, 0.29) is 11.7 Å². The molecule has 24 heavy (non-hydrogen) atoms. The molecule has 1 aliphatic rings.